The van der Waals surface area contributed by atoms with Crippen molar-refractivity contribution < 1.29 is 0 Å². The van der Waals surface area contributed by atoms with Gasteiger partial charge >= 0.3 is 0 Å². The van der Waals surface area contributed by atoms with Crippen molar-refractivity contribution in [3.8, 4) is 0 Å². The molecule has 1 atom stereocenters. The number of rotatable bonds is 9. The van der Waals surface area contributed by atoms with E-state index < -0.39 is 0 Å². The molecule has 0 aromatic heterocycles. The first-order valence-corrected chi connectivity index (χ1v) is 7.54. The lowest BCUT2D eigenvalue weighted by Gasteiger charge is -2.14. The zero-order valence-corrected chi connectivity index (χ0v) is 12.3. The van der Waals surface area contributed by atoms with Crippen molar-refractivity contribution in [3.05, 3.63) is 35.4 Å². The van der Waals surface area contributed by atoms with Crippen molar-refractivity contribution in [1.29, 1.82) is 0 Å². The second-order valence-electron chi connectivity index (χ2n) is 5.35. The Morgan fingerprint density at radius 2 is 1.56 bits per heavy atom. The fourth-order valence-electron chi connectivity index (χ4n) is 2.20. The molecule has 0 aliphatic rings. The van der Waals surface area contributed by atoms with Gasteiger partial charge in [0.15, 0.2) is 0 Å². The summed E-state index contributed by atoms with van der Waals surface area (Å²) in [5, 5.41) is 3.61. The molecule has 102 valence electrons. The van der Waals surface area contributed by atoms with Crippen molar-refractivity contribution in [3.63, 3.8) is 0 Å². The lowest BCUT2D eigenvalue weighted by molar-refractivity contribution is 0.527. The van der Waals surface area contributed by atoms with Crippen molar-refractivity contribution in [2.24, 2.45) is 0 Å². The molecule has 0 amide bonds. The quantitative estimate of drug-likeness (QED) is 0.605. The molecule has 18 heavy (non-hydrogen) atoms. The van der Waals surface area contributed by atoms with Gasteiger partial charge < -0.3 is 5.32 Å². The Morgan fingerprint density at radius 1 is 0.944 bits per heavy atom. The lowest BCUT2D eigenvalue weighted by atomic mass is 10.1. The number of hydrogen-bond acceptors (Lipinski definition) is 1. The maximum absolute atomic E-state index is 3.61. The first kappa shape index (κ1) is 15.2. The number of nitrogens with one attached hydrogen (secondary N) is 1. The molecule has 1 nitrogen and oxygen atoms in total. The van der Waals surface area contributed by atoms with E-state index in [1.54, 1.807) is 0 Å². The van der Waals surface area contributed by atoms with Gasteiger partial charge in [0.05, 0.1) is 0 Å². The van der Waals surface area contributed by atoms with E-state index in [0.29, 0.717) is 6.04 Å². The molecule has 1 aromatic rings. The van der Waals surface area contributed by atoms with Gasteiger partial charge in [0.25, 0.3) is 0 Å². The van der Waals surface area contributed by atoms with E-state index in [1.807, 2.05) is 0 Å². The molecule has 0 bridgehead atoms. The highest BCUT2D eigenvalue weighted by molar-refractivity contribution is 5.23. The van der Waals surface area contributed by atoms with Gasteiger partial charge in [-0.25, -0.2) is 0 Å². The van der Waals surface area contributed by atoms with E-state index in [1.165, 1.54) is 49.7 Å². The molecule has 0 saturated carbocycles. The van der Waals surface area contributed by atoms with Crippen LogP contribution in [0.3, 0.4) is 0 Å². The van der Waals surface area contributed by atoms with Crippen molar-refractivity contribution in [2.75, 3.05) is 6.54 Å². The first-order valence-electron chi connectivity index (χ1n) is 7.54. The van der Waals surface area contributed by atoms with E-state index >= 15 is 0 Å². The normalized spacial score (nSPS) is 12.6. The van der Waals surface area contributed by atoms with Crippen LogP contribution < -0.4 is 5.32 Å². The molecular weight excluding hydrogens is 218 g/mol. The van der Waals surface area contributed by atoms with Gasteiger partial charge in [0, 0.05) is 6.04 Å². The molecule has 1 aromatic carbocycles. The molecule has 0 spiro atoms. The van der Waals surface area contributed by atoms with E-state index in [-0.39, 0.29) is 0 Å². The van der Waals surface area contributed by atoms with Crippen LogP contribution in [0.25, 0.3) is 0 Å². The van der Waals surface area contributed by atoms with Gasteiger partial charge in [0.1, 0.15) is 0 Å². The molecule has 0 radical (unpaired) electrons. The Bertz CT molecular complexity index is 302. The monoisotopic (exact) mass is 247 g/mol. The van der Waals surface area contributed by atoms with Crippen LogP contribution in [-0.2, 0) is 0 Å². The third-order valence-electron chi connectivity index (χ3n) is 3.56. The van der Waals surface area contributed by atoms with E-state index in [9.17, 15) is 0 Å². The summed E-state index contributed by atoms with van der Waals surface area (Å²) < 4.78 is 0. The van der Waals surface area contributed by atoms with Crippen LogP contribution in [0, 0.1) is 6.92 Å². The zero-order valence-electron chi connectivity index (χ0n) is 12.3. The smallest absolute Gasteiger partial charge is 0.0291 e. The Labute approximate surface area is 113 Å². The van der Waals surface area contributed by atoms with Crippen LogP contribution in [0.1, 0.15) is 69.5 Å². The molecule has 1 N–H and O–H groups in total. The standard InChI is InChI=1S/C17H29N/c1-4-5-6-7-8-9-14-18-16(3)17-12-10-15(2)11-13-17/h10-13,16,18H,4-9,14H2,1-3H3. The molecule has 0 heterocycles. The van der Waals surface area contributed by atoms with Gasteiger partial charge in [-0.05, 0) is 32.4 Å². The maximum Gasteiger partial charge on any atom is 0.0291 e. The molecule has 0 aliphatic heterocycles. The van der Waals surface area contributed by atoms with Crippen molar-refractivity contribution >= 4 is 0 Å². The summed E-state index contributed by atoms with van der Waals surface area (Å²) in [4.78, 5) is 0. The highest BCUT2D eigenvalue weighted by Gasteiger charge is 2.03. The van der Waals surface area contributed by atoms with Crippen LogP contribution in [0.4, 0.5) is 0 Å². The lowest BCUT2D eigenvalue weighted by Crippen LogP contribution is -2.19. The zero-order chi connectivity index (χ0) is 13.2. The van der Waals surface area contributed by atoms with E-state index in [4.69, 9.17) is 0 Å². The highest BCUT2D eigenvalue weighted by atomic mass is 14.9. The minimum atomic E-state index is 0.473. The molecule has 1 heteroatoms. The van der Waals surface area contributed by atoms with Crippen LogP contribution in [0.5, 0.6) is 0 Å². The van der Waals surface area contributed by atoms with Gasteiger partial charge in [-0.15, -0.1) is 0 Å². The van der Waals surface area contributed by atoms with Crippen LogP contribution in [0.2, 0.25) is 0 Å². The molecule has 1 unspecified atom stereocenters. The number of unbranched alkanes of at least 4 members (excludes halogenated alkanes) is 5. The summed E-state index contributed by atoms with van der Waals surface area (Å²) >= 11 is 0. The van der Waals surface area contributed by atoms with E-state index in [0.717, 1.165) is 6.54 Å². The van der Waals surface area contributed by atoms with Gasteiger partial charge in [-0.1, -0.05) is 68.9 Å². The largest absolute Gasteiger partial charge is 0.310 e. The third-order valence-corrected chi connectivity index (χ3v) is 3.56. The van der Waals surface area contributed by atoms with Crippen LogP contribution >= 0.6 is 0 Å². The molecule has 0 fully saturated rings. The summed E-state index contributed by atoms with van der Waals surface area (Å²) in [5.41, 5.74) is 2.73. The van der Waals surface area contributed by atoms with Gasteiger partial charge in [-0.2, -0.15) is 0 Å². The first-order chi connectivity index (χ1) is 8.74. The highest BCUT2D eigenvalue weighted by Crippen LogP contribution is 2.13. The second-order valence-corrected chi connectivity index (χ2v) is 5.35. The number of hydrogen-bond donors (Lipinski definition) is 1. The van der Waals surface area contributed by atoms with Crippen LogP contribution in [0.15, 0.2) is 24.3 Å². The number of aryl methyl sites for hydroxylation is 1. The summed E-state index contributed by atoms with van der Waals surface area (Å²) in [6, 6.07) is 9.32. The summed E-state index contributed by atoms with van der Waals surface area (Å²) in [6.45, 7) is 7.80. The van der Waals surface area contributed by atoms with Gasteiger partial charge in [0.2, 0.25) is 0 Å². The summed E-state index contributed by atoms with van der Waals surface area (Å²) in [7, 11) is 0. The predicted molar refractivity (Wildman–Crippen MR) is 81.0 cm³/mol. The summed E-state index contributed by atoms with van der Waals surface area (Å²) in [6.07, 6.45) is 8.21. The fourth-order valence-corrected chi connectivity index (χ4v) is 2.20. The van der Waals surface area contributed by atoms with Crippen molar-refractivity contribution in [2.45, 2.75) is 65.3 Å². The fraction of sp³-hybridized carbons (Fsp3) is 0.647. The summed E-state index contributed by atoms with van der Waals surface area (Å²) in [5.74, 6) is 0. The number of benzene rings is 1. The predicted octanol–water partition coefficient (Wildman–Crippen LogP) is 5.01. The minimum Gasteiger partial charge on any atom is -0.310 e. The minimum absolute atomic E-state index is 0.473. The van der Waals surface area contributed by atoms with Crippen LogP contribution in [-0.4, -0.2) is 6.54 Å². The molecule has 0 saturated heterocycles. The van der Waals surface area contributed by atoms with Gasteiger partial charge in [-0.3, -0.25) is 0 Å². The Morgan fingerprint density at radius 3 is 2.22 bits per heavy atom. The van der Waals surface area contributed by atoms with Crippen molar-refractivity contribution in [1.82, 2.24) is 5.32 Å². The molecule has 0 aliphatic carbocycles. The Hall–Kier alpha value is -0.820. The second kappa shape index (κ2) is 9.16. The molecular formula is C17H29N. The maximum atomic E-state index is 3.61. The Balaban J connectivity index is 2.10. The third kappa shape index (κ3) is 6.20. The molecule has 1 rings (SSSR count). The van der Waals surface area contributed by atoms with E-state index in [2.05, 4.69) is 50.4 Å². The topological polar surface area (TPSA) is 12.0 Å². The SMILES string of the molecule is CCCCCCCCNC(C)c1ccc(C)cc1. The average Bonchev–Trinajstić information content (AvgIpc) is 2.38. The average molecular weight is 247 g/mol. The Kier molecular flexibility index (Phi) is 7.75.